The molecule has 98 valence electrons. The average Bonchev–Trinajstić information content (AvgIpc) is 2.31. The highest BCUT2D eigenvalue weighted by atomic mass is 16.5. The summed E-state index contributed by atoms with van der Waals surface area (Å²) in [6.45, 7) is 11.4. The topological polar surface area (TPSA) is 26.3 Å². The highest BCUT2D eigenvalue weighted by molar-refractivity contribution is 5.68. The molecular formula is C15H26O2. The van der Waals surface area contributed by atoms with Crippen molar-refractivity contribution >= 4 is 5.97 Å². The van der Waals surface area contributed by atoms with Gasteiger partial charge < -0.3 is 4.74 Å². The van der Waals surface area contributed by atoms with Crippen molar-refractivity contribution in [1.82, 2.24) is 0 Å². The lowest BCUT2D eigenvalue weighted by Crippen LogP contribution is -2.45. The molecule has 2 atom stereocenters. The second-order valence-electron chi connectivity index (χ2n) is 5.70. The van der Waals surface area contributed by atoms with Crippen LogP contribution in [0.5, 0.6) is 0 Å². The lowest BCUT2D eigenvalue weighted by Gasteiger charge is -2.53. The van der Waals surface area contributed by atoms with Crippen LogP contribution < -0.4 is 0 Å². The number of esters is 1. The van der Waals surface area contributed by atoms with E-state index in [0.717, 1.165) is 6.42 Å². The van der Waals surface area contributed by atoms with Gasteiger partial charge in [-0.25, -0.2) is 0 Å². The van der Waals surface area contributed by atoms with Crippen molar-refractivity contribution in [2.45, 2.75) is 53.9 Å². The van der Waals surface area contributed by atoms with E-state index >= 15 is 0 Å². The van der Waals surface area contributed by atoms with Crippen molar-refractivity contribution in [3.8, 4) is 0 Å². The minimum absolute atomic E-state index is 0.0803. The summed E-state index contributed by atoms with van der Waals surface area (Å²) in [5.74, 6) is 1.31. The predicted octanol–water partition coefficient (Wildman–Crippen LogP) is 3.96. The minimum Gasteiger partial charge on any atom is -0.466 e. The van der Waals surface area contributed by atoms with Crippen molar-refractivity contribution < 1.29 is 9.53 Å². The molecule has 1 aliphatic rings. The van der Waals surface area contributed by atoms with Crippen LogP contribution in [0.15, 0.2) is 11.6 Å². The van der Waals surface area contributed by atoms with E-state index in [9.17, 15) is 4.79 Å². The first-order valence-corrected chi connectivity index (χ1v) is 6.71. The molecule has 0 aromatic carbocycles. The quantitative estimate of drug-likeness (QED) is 0.535. The molecule has 0 unspecified atom stereocenters. The monoisotopic (exact) mass is 238 g/mol. The Morgan fingerprint density at radius 3 is 2.59 bits per heavy atom. The van der Waals surface area contributed by atoms with E-state index in [0.29, 0.717) is 30.3 Å². The van der Waals surface area contributed by atoms with Crippen LogP contribution in [-0.4, -0.2) is 12.6 Å². The standard InChI is InChI=1S/C15H26O2/c1-6-11(3)13-10-12(15(13,4)5)8-9-17-14(16)7-2/h6,12-13H,7-10H2,1-5H3/b11-6+/t12-,13-/m1/s1. The Morgan fingerprint density at radius 2 is 2.12 bits per heavy atom. The summed E-state index contributed by atoms with van der Waals surface area (Å²) in [7, 11) is 0. The van der Waals surface area contributed by atoms with Crippen molar-refractivity contribution in [2.24, 2.45) is 17.3 Å². The zero-order valence-corrected chi connectivity index (χ0v) is 11.9. The lowest BCUT2D eigenvalue weighted by atomic mass is 9.52. The van der Waals surface area contributed by atoms with Gasteiger partial charge in [-0.1, -0.05) is 32.4 Å². The van der Waals surface area contributed by atoms with Gasteiger partial charge in [0, 0.05) is 6.42 Å². The van der Waals surface area contributed by atoms with Crippen molar-refractivity contribution in [1.29, 1.82) is 0 Å². The van der Waals surface area contributed by atoms with Crippen LogP contribution in [0.2, 0.25) is 0 Å². The number of hydrogen-bond donors (Lipinski definition) is 0. The van der Waals surface area contributed by atoms with Crippen molar-refractivity contribution in [2.75, 3.05) is 6.61 Å². The Kier molecular flexibility index (Phi) is 4.79. The fraction of sp³-hybridized carbons (Fsp3) is 0.800. The van der Waals surface area contributed by atoms with Gasteiger partial charge >= 0.3 is 5.97 Å². The minimum atomic E-state index is -0.0803. The maximum atomic E-state index is 11.0. The second kappa shape index (κ2) is 5.70. The molecule has 0 radical (unpaired) electrons. The molecule has 0 amide bonds. The van der Waals surface area contributed by atoms with Crippen LogP contribution in [0.1, 0.15) is 53.9 Å². The fourth-order valence-corrected chi connectivity index (χ4v) is 2.90. The molecule has 17 heavy (non-hydrogen) atoms. The van der Waals surface area contributed by atoms with Crippen LogP contribution in [0.4, 0.5) is 0 Å². The molecule has 0 N–H and O–H groups in total. The molecule has 1 fully saturated rings. The molecule has 1 saturated carbocycles. The third-order valence-electron chi connectivity index (χ3n) is 4.49. The largest absolute Gasteiger partial charge is 0.466 e. The SMILES string of the molecule is C/C=C(\C)[C@H]1C[C@@H](CCOC(=O)CC)C1(C)C. The first kappa shape index (κ1) is 14.3. The molecule has 0 heterocycles. The summed E-state index contributed by atoms with van der Waals surface area (Å²) < 4.78 is 5.16. The third-order valence-corrected chi connectivity index (χ3v) is 4.49. The van der Waals surface area contributed by atoms with Crippen molar-refractivity contribution in [3.63, 3.8) is 0 Å². The molecule has 2 heteroatoms. The van der Waals surface area contributed by atoms with E-state index in [1.165, 1.54) is 12.0 Å². The first-order valence-electron chi connectivity index (χ1n) is 6.71. The fourth-order valence-electron chi connectivity index (χ4n) is 2.90. The highest BCUT2D eigenvalue weighted by Gasteiger charge is 2.47. The van der Waals surface area contributed by atoms with Crippen LogP contribution in [0, 0.1) is 17.3 Å². The Morgan fingerprint density at radius 1 is 1.47 bits per heavy atom. The molecule has 1 aliphatic carbocycles. The zero-order chi connectivity index (χ0) is 13.1. The average molecular weight is 238 g/mol. The Hall–Kier alpha value is -0.790. The molecule has 0 aromatic rings. The van der Waals surface area contributed by atoms with E-state index < -0.39 is 0 Å². The third kappa shape index (κ3) is 3.11. The first-order chi connectivity index (χ1) is 7.93. The molecule has 1 rings (SSSR count). The Bertz CT molecular complexity index is 302. The number of ether oxygens (including phenoxy) is 1. The molecule has 0 aromatic heterocycles. The summed E-state index contributed by atoms with van der Waals surface area (Å²) in [5, 5.41) is 0. The number of carbonyl (C=O) groups is 1. The summed E-state index contributed by atoms with van der Waals surface area (Å²) >= 11 is 0. The summed E-state index contributed by atoms with van der Waals surface area (Å²) in [6.07, 6.45) is 4.95. The van der Waals surface area contributed by atoms with Gasteiger partial charge in [-0.2, -0.15) is 0 Å². The van der Waals surface area contributed by atoms with E-state index in [1.807, 2.05) is 6.92 Å². The highest BCUT2D eigenvalue weighted by Crippen LogP contribution is 2.55. The van der Waals surface area contributed by atoms with E-state index in [-0.39, 0.29) is 5.97 Å². The molecular weight excluding hydrogens is 212 g/mol. The number of carbonyl (C=O) groups excluding carboxylic acids is 1. The summed E-state index contributed by atoms with van der Waals surface area (Å²) in [5.41, 5.74) is 1.85. The maximum absolute atomic E-state index is 11.0. The van der Waals surface area contributed by atoms with Gasteiger partial charge in [0.1, 0.15) is 0 Å². The smallest absolute Gasteiger partial charge is 0.305 e. The number of rotatable bonds is 5. The van der Waals surface area contributed by atoms with Crippen LogP contribution >= 0.6 is 0 Å². The zero-order valence-electron chi connectivity index (χ0n) is 11.9. The summed E-state index contributed by atoms with van der Waals surface area (Å²) in [4.78, 5) is 11.0. The predicted molar refractivity (Wildman–Crippen MR) is 70.7 cm³/mol. The normalized spacial score (nSPS) is 27.5. The van der Waals surface area contributed by atoms with Gasteiger partial charge in [-0.15, -0.1) is 0 Å². The second-order valence-corrected chi connectivity index (χ2v) is 5.70. The van der Waals surface area contributed by atoms with Crippen LogP contribution in [0.3, 0.4) is 0 Å². The molecule has 0 bridgehead atoms. The van der Waals surface area contributed by atoms with Gasteiger partial charge in [0.05, 0.1) is 6.61 Å². The Labute approximate surface area is 105 Å². The molecule has 0 aliphatic heterocycles. The van der Waals surface area contributed by atoms with Gasteiger partial charge in [0.15, 0.2) is 0 Å². The van der Waals surface area contributed by atoms with Crippen LogP contribution in [0.25, 0.3) is 0 Å². The number of allylic oxidation sites excluding steroid dienone is 2. The number of hydrogen-bond acceptors (Lipinski definition) is 2. The van der Waals surface area contributed by atoms with Crippen molar-refractivity contribution in [3.05, 3.63) is 11.6 Å². The van der Waals surface area contributed by atoms with Crippen LogP contribution in [-0.2, 0) is 9.53 Å². The Balaban J connectivity index is 2.37. The van der Waals surface area contributed by atoms with Gasteiger partial charge in [-0.05, 0) is 43.9 Å². The summed E-state index contributed by atoms with van der Waals surface area (Å²) in [6, 6.07) is 0. The van der Waals surface area contributed by atoms with Gasteiger partial charge in [0.25, 0.3) is 0 Å². The van der Waals surface area contributed by atoms with Gasteiger partial charge in [-0.3, -0.25) is 4.79 Å². The molecule has 0 spiro atoms. The van der Waals surface area contributed by atoms with Gasteiger partial charge in [0.2, 0.25) is 0 Å². The van der Waals surface area contributed by atoms with E-state index in [1.54, 1.807) is 0 Å². The molecule has 2 nitrogen and oxygen atoms in total. The molecule has 0 saturated heterocycles. The van der Waals surface area contributed by atoms with E-state index in [4.69, 9.17) is 4.74 Å². The lowest BCUT2D eigenvalue weighted by molar-refractivity contribution is -0.144. The van der Waals surface area contributed by atoms with E-state index in [2.05, 4.69) is 33.8 Å². The maximum Gasteiger partial charge on any atom is 0.305 e.